The van der Waals surface area contributed by atoms with E-state index < -0.39 is 6.04 Å². The maximum absolute atomic E-state index is 11.8. The van der Waals surface area contributed by atoms with Crippen molar-refractivity contribution in [3.05, 3.63) is 24.3 Å². The minimum atomic E-state index is -0.706. The quantitative estimate of drug-likeness (QED) is 0.778. The molecule has 4 nitrogen and oxygen atoms in total. The Balaban J connectivity index is 2.78. The van der Waals surface area contributed by atoms with E-state index in [0.29, 0.717) is 11.4 Å². The monoisotopic (exact) mass is 246 g/mol. The Bertz CT molecular complexity index is 449. The van der Waals surface area contributed by atoms with E-state index in [2.05, 4.69) is 11.2 Å². The molecule has 0 aliphatic carbocycles. The summed E-state index contributed by atoms with van der Waals surface area (Å²) in [4.78, 5) is 11.8. The van der Waals surface area contributed by atoms with Gasteiger partial charge in [-0.25, -0.2) is 0 Å². The highest BCUT2D eigenvalue weighted by Crippen LogP contribution is 2.24. The summed E-state index contributed by atoms with van der Waals surface area (Å²) in [5.74, 6) is 2.67. The maximum Gasteiger partial charge on any atom is 0.242 e. The van der Waals surface area contributed by atoms with Gasteiger partial charge in [0, 0.05) is 6.42 Å². The minimum Gasteiger partial charge on any atom is -0.489 e. The van der Waals surface area contributed by atoms with E-state index in [0.717, 1.165) is 0 Å². The van der Waals surface area contributed by atoms with Crippen LogP contribution in [0.5, 0.6) is 5.75 Å². The standard InChI is InChI=1S/C14H18N2O2/c1-4-7-11(15)14(17)16-12-8-5-6-9-13(12)18-10(2)3/h1,5-6,8-11H,7,15H2,2-3H3,(H,16,17). The first-order valence-electron chi connectivity index (χ1n) is 5.80. The van der Waals surface area contributed by atoms with Gasteiger partial charge >= 0.3 is 0 Å². The van der Waals surface area contributed by atoms with Crippen LogP contribution in [0.25, 0.3) is 0 Å². The van der Waals surface area contributed by atoms with Crippen molar-refractivity contribution in [3.8, 4) is 18.1 Å². The molecule has 96 valence electrons. The third-order valence-electron chi connectivity index (χ3n) is 2.18. The van der Waals surface area contributed by atoms with Gasteiger partial charge < -0.3 is 15.8 Å². The molecule has 1 atom stereocenters. The normalized spacial score (nSPS) is 11.7. The van der Waals surface area contributed by atoms with Gasteiger partial charge in [0.2, 0.25) is 5.91 Å². The molecule has 1 aromatic rings. The minimum absolute atomic E-state index is 0.0300. The highest BCUT2D eigenvalue weighted by molar-refractivity contribution is 5.96. The van der Waals surface area contributed by atoms with Crippen LogP contribution in [0.4, 0.5) is 5.69 Å². The molecule has 0 saturated carbocycles. The molecule has 1 unspecified atom stereocenters. The summed E-state index contributed by atoms with van der Waals surface area (Å²) in [6.45, 7) is 3.84. The van der Waals surface area contributed by atoms with E-state index in [-0.39, 0.29) is 18.4 Å². The number of nitrogens with two attached hydrogens (primary N) is 1. The number of para-hydroxylation sites is 2. The molecule has 0 radical (unpaired) electrons. The molecule has 0 heterocycles. The van der Waals surface area contributed by atoms with Crippen molar-refractivity contribution in [2.45, 2.75) is 32.4 Å². The number of nitrogens with one attached hydrogen (secondary N) is 1. The van der Waals surface area contributed by atoms with E-state index in [4.69, 9.17) is 16.9 Å². The molecule has 18 heavy (non-hydrogen) atoms. The SMILES string of the molecule is C#CCC(N)C(=O)Nc1ccccc1OC(C)C. The van der Waals surface area contributed by atoms with Gasteiger partial charge in [0.1, 0.15) is 5.75 Å². The molecule has 0 saturated heterocycles. The van der Waals surface area contributed by atoms with E-state index >= 15 is 0 Å². The van der Waals surface area contributed by atoms with Gasteiger partial charge in [-0.3, -0.25) is 4.79 Å². The molecule has 0 spiro atoms. The number of rotatable bonds is 5. The Morgan fingerprint density at radius 3 is 2.78 bits per heavy atom. The van der Waals surface area contributed by atoms with Crippen LogP contribution in [-0.4, -0.2) is 18.1 Å². The fraction of sp³-hybridized carbons (Fsp3) is 0.357. The van der Waals surface area contributed by atoms with E-state index in [1.807, 2.05) is 26.0 Å². The van der Waals surface area contributed by atoms with Gasteiger partial charge in [0.15, 0.2) is 0 Å². The number of hydrogen-bond donors (Lipinski definition) is 2. The molecule has 0 aliphatic heterocycles. The second kappa shape index (κ2) is 6.67. The fourth-order valence-electron chi connectivity index (χ4n) is 1.37. The Morgan fingerprint density at radius 2 is 2.17 bits per heavy atom. The largest absolute Gasteiger partial charge is 0.489 e. The average molecular weight is 246 g/mol. The number of amides is 1. The van der Waals surface area contributed by atoms with Gasteiger partial charge in [-0.1, -0.05) is 12.1 Å². The molecule has 0 bridgehead atoms. The second-order valence-corrected chi connectivity index (χ2v) is 4.17. The molecule has 0 fully saturated rings. The first-order valence-corrected chi connectivity index (χ1v) is 5.80. The average Bonchev–Trinajstić information content (AvgIpc) is 2.31. The molecule has 3 N–H and O–H groups in total. The Kier molecular flexibility index (Phi) is 5.22. The van der Waals surface area contributed by atoms with Gasteiger partial charge in [0.05, 0.1) is 17.8 Å². The molecule has 1 aromatic carbocycles. The third kappa shape index (κ3) is 4.11. The molecule has 1 rings (SSSR count). The van der Waals surface area contributed by atoms with Crippen molar-refractivity contribution in [1.29, 1.82) is 0 Å². The number of benzene rings is 1. The summed E-state index contributed by atoms with van der Waals surface area (Å²) in [5, 5.41) is 2.72. The molecule has 1 amide bonds. The van der Waals surface area contributed by atoms with Gasteiger partial charge in [-0.05, 0) is 26.0 Å². The Hall–Kier alpha value is -1.99. The molecular formula is C14H18N2O2. The summed E-state index contributed by atoms with van der Waals surface area (Å²) in [6, 6.07) is 6.51. The summed E-state index contributed by atoms with van der Waals surface area (Å²) in [7, 11) is 0. The first-order chi connectivity index (χ1) is 8.54. The second-order valence-electron chi connectivity index (χ2n) is 4.17. The topological polar surface area (TPSA) is 64.4 Å². The lowest BCUT2D eigenvalue weighted by Gasteiger charge is -2.16. The summed E-state index contributed by atoms with van der Waals surface area (Å²) >= 11 is 0. The van der Waals surface area contributed by atoms with E-state index in [9.17, 15) is 4.79 Å². The van der Waals surface area contributed by atoms with Crippen molar-refractivity contribution < 1.29 is 9.53 Å². The zero-order valence-electron chi connectivity index (χ0n) is 10.6. The van der Waals surface area contributed by atoms with Crippen molar-refractivity contribution in [2.75, 3.05) is 5.32 Å². The number of terminal acetylenes is 1. The smallest absolute Gasteiger partial charge is 0.242 e. The highest BCUT2D eigenvalue weighted by Gasteiger charge is 2.14. The number of carbonyl (C=O) groups is 1. The summed E-state index contributed by atoms with van der Waals surface area (Å²) in [5.41, 5.74) is 6.23. The highest BCUT2D eigenvalue weighted by atomic mass is 16.5. The zero-order valence-corrected chi connectivity index (χ0v) is 10.6. The van der Waals surface area contributed by atoms with Gasteiger partial charge in [0.25, 0.3) is 0 Å². The number of ether oxygens (including phenoxy) is 1. The first kappa shape index (κ1) is 14.1. The molecule has 0 aromatic heterocycles. The number of carbonyl (C=O) groups excluding carboxylic acids is 1. The predicted molar refractivity (Wildman–Crippen MR) is 72.3 cm³/mol. The Labute approximate surface area is 108 Å². The lowest BCUT2D eigenvalue weighted by molar-refractivity contribution is -0.117. The third-order valence-corrected chi connectivity index (χ3v) is 2.18. The molecule has 0 aliphatic rings. The van der Waals surface area contributed by atoms with Crippen molar-refractivity contribution in [2.24, 2.45) is 5.73 Å². The van der Waals surface area contributed by atoms with Gasteiger partial charge in [-0.15, -0.1) is 12.3 Å². The lowest BCUT2D eigenvalue weighted by atomic mass is 10.2. The van der Waals surface area contributed by atoms with Crippen LogP contribution in [0.15, 0.2) is 24.3 Å². The summed E-state index contributed by atoms with van der Waals surface area (Å²) in [6.07, 6.45) is 5.36. The molecular weight excluding hydrogens is 228 g/mol. The van der Waals surface area contributed by atoms with E-state index in [1.54, 1.807) is 12.1 Å². The van der Waals surface area contributed by atoms with Crippen LogP contribution in [0.2, 0.25) is 0 Å². The number of hydrogen-bond acceptors (Lipinski definition) is 3. The maximum atomic E-state index is 11.8. The van der Waals surface area contributed by atoms with Crippen LogP contribution < -0.4 is 15.8 Å². The fourth-order valence-corrected chi connectivity index (χ4v) is 1.37. The zero-order chi connectivity index (χ0) is 13.5. The van der Waals surface area contributed by atoms with Crippen LogP contribution >= 0.6 is 0 Å². The van der Waals surface area contributed by atoms with Crippen molar-refractivity contribution >= 4 is 11.6 Å². The van der Waals surface area contributed by atoms with Gasteiger partial charge in [-0.2, -0.15) is 0 Å². The van der Waals surface area contributed by atoms with Crippen LogP contribution in [0.1, 0.15) is 20.3 Å². The van der Waals surface area contributed by atoms with Crippen LogP contribution in [0.3, 0.4) is 0 Å². The van der Waals surface area contributed by atoms with Crippen LogP contribution in [-0.2, 0) is 4.79 Å². The number of anilines is 1. The Morgan fingerprint density at radius 1 is 1.50 bits per heavy atom. The van der Waals surface area contributed by atoms with Crippen molar-refractivity contribution in [1.82, 2.24) is 0 Å². The predicted octanol–water partition coefficient (Wildman–Crippen LogP) is 1.76. The summed E-state index contributed by atoms with van der Waals surface area (Å²) < 4.78 is 5.59. The van der Waals surface area contributed by atoms with E-state index in [1.165, 1.54) is 0 Å². The van der Waals surface area contributed by atoms with Crippen LogP contribution in [0, 0.1) is 12.3 Å². The lowest BCUT2D eigenvalue weighted by Crippen LogP contribution is -2.35. The van der Waals surface area contributed by atoms with Crippen molar-refractivity contribution in [3.63, 3.8) is 0 Å². The molecule has 4 heteroatoms.